The largest absolute Gasteiger partial charge is 0.507 e. The molecule has 0 aromatic heterocycles. The van der Waals surface area contributed by atoms with E-state index in [0.717, 1.165) is 32.1 Å². The lowest BCUT2D eigenvalue weighted by Gasteiger charge is -2.12. The van der Waals surface area contributed by atoms with Gasteiger partial charge in [-0.25, -0.2) is 0 Å². The number of azo groups is 1. The molecule has 4 rings (SSSR count). The Morgan fingerprint density at radius 3 is 2.30 bits per heavy atom. The first-order valence-corrected chi connectivity index (χ1v) is 12.0. The van der Waals surface area contributed by atoms with Crippen LogP contribution in [-0.2, 0) is 11.3 Å². The molecule has 0 spiro atoms. The number of thioether (sulfide) groups is 1. The molecular formula is C25H20IN3O3S. The van der Waals surface area contributed by atoms with Crippen molar-refractivity contribution in [1.82, 2.24) is 4.90 Å². The summed E-state index contributed by atoms with van der Waals surface area (Å²) < 4.78 is 1.08. The molecule has 0 saturated carbocycles. The van der Waals surface area contributed by atoms with Crippen LogP contribution in [0.15, 0.2) is 75.8 Å². The Balaban J connectivity index is 1.55. The van der Waals surface area contributed by atoms with E-state index in [1.807, 2.05) is 56.3 Å². The predicted octanol–water partition coefficient (Wildman–Crippen LogP) is 7.27. The first kappa shape index (κ1) is 23.2. The number of carbonyl (C=O) groups excluding carboxylic acids is 2. The van der Waals surface area contributed by atoms with E-state index in [4.69, 9.17) is 0 Å². The molecule has 3 aromatic rings. The number of aromatic hydroxyl groups is 1. The van der Waals surface area contributed by atoms with Gasteiger partial charge in [0.25, 0.3) is 11.1 Å². The lowest BCUT2D eigenvalue weighted by atomic mass is 10.1. The SMILES string of the molecule is Cc1ccc(N=Nc2ccc(O)c(/C=C3\SC(=O)N(Cc4ccc(I)cc4)C3=O)c2)cc1C. The number of hydrogen-bond acceptors (Lipinski definition) is 6. The zero-order valence-electron chi connectivity index (χ0n) is 17.9. The standard InChI is InChI=1S/C25H20IN3O3S/c1-15-3-8-20(11-16(15)2)27-28-21-9-10-22(30)18(12-21)13-23-24(31)29(25(32)33-23)14-17-4-6-19(26)7-5-17/h3-13,30H,14H2,1-2H3/b23-13-,28-27?. The van der Waals surface area contributed by atoms with E-state index in [9.17, 15) is 14.7 Å². The maximum atomic E-state index is 12.8. The number of benzene rings is 3. The highest BCUT2D eigenvalue weighted by atomic mass is 127. The third-order valence-electron chi connectivity index (χ3n) is 5.20. The number of carbonyl (C=O) groups is 2. The summed E-state index contributed by atoms with van der Waals surface area (Å²) in [7, 11) is 0. The molecule has 2 amide bonds. The van der Waals surface area contributed by atoms with Gasteiger partial charge < -0.3 is 5.11 Å². The Hall–Kier alpha value is -2.98. The average Bonchev–Trinajstić information content (AvgIpc) is 3.05. The molecule has 0 aliphatic carbocycles. The maximum Gasteiger partial charge on any atom is 0.293 e. The summed E-state index contributed by atoms with van der Waals surface area (Å²) in [4.78, 5) is 26.8. The van der Waals surface area contributed by atoms with Crippen LogP contribution in [0.3, 0.4) is 0 Å². The van der Waals surface area contributed by atoms with Gasteiger partial charge in [0.1, 0.15) is 5.75 Å². The van der Waals surface area contributed by atoms with Gasteiger partial charge in [-0.1, -0.05) is 18.2 Å². The average molecular weight is 569 g/mol. The van der Waals surface area contributed by atoms with Gasteiger partial charge in [0.2, 0.25) is 0 Å². The van der Waals surface area contributed by atoms with Crippen LogP contribution in [0.1, 0.15) is 22.3 Å². The molecule has 0 unspecified atom stereocenters. The molecule has 33 heavy (non-hydrogen) atoms. The molecule has 166 valence electrons. The summed E-state index contributed by atoms with van der Waals surface area (Å²) in [5.74, 6) is -0.394. The van der Waals surface area contributed by atoms with Gasteiger partial charge in [-0.2, -0.15) is 10.2 Å². The summed E-state index contributed by atoms with van der Waals surface area (Å²) in [5, 5.41) is 18.5. The van der Waals surface area contributed by atoms with Crippen LogP contribution in [0.4, 0.5) is 16.2 Å². The second-order valence-corrected chi connectivity index (χ2v) is 9.84. The van der Waals surface area contributed by atoms with Crippen molar-refractivity contribution in [3.63, 3.8) is 0 Å². The number of halogens is 1. The number of phenols is 1. The van der Waals surface area contributed by atoms with Crippen molar-refractivity contribution >= 4 is 62.9 Å². The Morgan fingerprint density at radius 1 is 0.939 bits per heavy atom. The molecule has 1 aliphatic heterocycles. The van der Waals surface area contributed by atoms with Crippen molar-refractivity contribution in [2.75, 3.05) is 0 Å². The zero-order valence-corrected chi connectivity index (χ0v) is 20.9. The smallest absolute Gasteiger partial charge is 0.293 e. The number of hydrogen-bond donors (Lipinski definition) is 1. The number of phenolic OH excluding ortho intramolecular Hbond substituents is 1. The van der Waals surface area contributed by atoms with Crippen LogP contribution in [0.5, 0.6) is 5.75 Å². The minimum atomic E-state index is -0.384. The monoisotopic (exact) mass is 569 g/mol. The van der Waals surface area contributed by atoms with Crippen LogP contribution in [0.25, 0.3) is 6.08 Å². The number of rotatable bonds is 5. The minimum absolute atomic E-state index is 0.00966. The molecule has 1 fully saturated rings. The molecule has 6 nitrogen and oxygen atoms in total. The van der Waals surface area contributed by atoms with E-state index in [2.05, 4.69) is 32.8 Å². The topological polar surface area (TPSA) is 82.3 Å². The number of aryl methyl sites for hydroxylation is 2. The highest BCUT2D eigenvalue weighted by Crippen LogP contribution is 2.36. The van der Waals surface area contributed by atoms with Gasteiger partial charge in [0.05, 0.1) is 22.8 Å². The highest BCUT2D eigenvalue weighted by molar-refractivity contribution is 14.1. The first-order chi connectivity index (χ1) is 15.8. The first-order valence-electron chi connectivity index (χ1n) is 10.1. The van der Waals surface area contributed by atoms with Crippen LogP contribution in [0.2, 0.25) is 0 Å². The normalized spacial score (nSPS) is 15.2. The maximum absolute atomic E-state index is 12.8. The quantitative estimate of drug-likeness (QED) is 0.199. The van der Waals surface area contributed by atoms with E-state index >= 15 is 0 Å². The van der Waals surface area contributed by atoms with Crippen LogP contribution < -0.4 is 0 Å². The van der Waals surface area contributed by atoms with E-state index in [1.54, 1.807) is 12.1 Å². The van der Waals surface area contributed by atoms with Crippen molar-refractivity contribution in [2.24, 2.45) is 10.2 Å². The summed E-state index contributed by atoms with van der Waals surface area (Å²) >= 11 is 3.06. The third-order valence-corrected chi connectivity index (χ3v) is 6.82. The number of amides is 2. The molecule has 1 saturated heterocycles. The zero-order chi connectivity index (χ0) is 23.5. The highest BCUT2D eigenvalue weighted by Gasteiger charge is 2.35. The molecule has 8 heteroatoms. The molecule has 1 N–H and O–H groups in total. The van der Waals surface area contributed by atoms with Crippen LogP contribution in [-0.4, -0.2) is 21.2 Å². The van der Waals surface area contributed by atoms with Gasteiger partial charge in [-0.05, 0) is 113 Å². The number of nitrogens with zero attached hydrogens (tertiary/aromatic N) is 3. The van der Waals surface area contributed by atoms with Gasteiger partial charge in [0.15, 0.2) is 0 Å². The fourth-order valence-corrected chi connectivity index (χ4v) is 4.36. The summed E-state index contributed by atoms with van der Waals surface area (Å²) in [6, 6.07) is 18.2. The summed E-state index contributed by atoms with van der Waals surface area (Å²) in [6.07, 6.45) is 1.52. The lowest BCUT2D eigenvalue weighted by Crippen LogP contribution is -2.27. The minimum Gasteiger partial charge on any atom is -0.507 e. The fourth-order valence-electron chi connectivity index (χ4n) is 3.17. The molecular weight excluding hydrogens is 549 g/mol. The molecule has 0 bridgehead atoms. The van der Waals surface area contributed by atoms with E-state index in [-0.39, 0.29) is 28.3 Å². The molecule has 0 atom stereocenters. The Morgan fingerprint density at radius 2 is 1.61 bits per heavy atom. The van der Waals surface area contributed by atoms with Gasteiger partial charge in [0, 0.05) is 9.13 Å². The van der Waals surface area contributed by atoms with Crippen molar-refractivity contribution in [2.45, 2.75) is 20.4 Å². The second-order valence-electron chi connectivity index (χ2n) is 7.61. The fraction of sp³-hybridized carbons (Fsp3) is 0.120. The van der Waals surface area contributed by atoms with Gasteiger partial charge >= 0.3 is 0 Å². The van der Waals surface area contributed by atoms with Gasteiger partial charge in [-0.3, -0.25) is 14.5 Å². The molecule has 1 aliphatic rings. The van der Waals surface area contributed by atoms with Crippen molar-refractivity contribution in [1.29, 1.82) is 0 Å². The Labute approximate surface area is 209 Å². The van der Waals surface area contributed by atoms with Crippen molar-refractivity contribution < 1.29 is 14.7 Å². The van der Waals surface area contributed by atoms with Crippen LogP contribution >= 0.6 is 34.4 Å². The van der Waals surface area contributed by atoms with E-state index in [1.165, 1.54) is 22.6 Å². The Kier molecular flexibility index (Phi) is 6.94. The van der Waals surface area contributed by atoms with Gasteiger partial charge in [-0.15, -0.1) is 0 Å². The lowest BCUT2D eigenvalue weighted by molar-refractivity contribution is -0.123. The number of imide groups is 1. The molecule has 3 aromatic carbocycles. The molecule has 0 radical (unpaired) electrons. The Bertz CT molecular complexity index is 1300. The summed E-state index contributed by atoms with van der Waals surface area (Å²) in [6.45, 7) is 4.25. The second kappa shape index (κ2) is 9.88. The van der Waals surface area contributed by atoms with E-state index < -0.39 is 0 Å². The third kappa shape index (κ3) is 5.51. The van der Waals surface area contributed by atoms with E-state index in [0.29, 0.717) is 11.3 Å². The van der Waals surface area contributed by atoms with Crippen molar-refractivity contribution in [3.05, 3.63) is 91.4 Å². The van der Waals surface area contributed by atoms with Crippen LogP contribution in [0, 0.1) is 17.4 Å². The predicted molar refractivity (Wildman–Crippen MR) is 139 cm³/mol. The molecule has 1 heterocycles. The summed E-state index contributed by atoms with van der Waals surface area (Å²) in [5.41, 5.74) is 4.82. The van der Waals surface area contributed by atoms with Crippen molar-refractivity contribution in [3.8, 4) is 5.75 Å².